The largest absolute Gasteiger partial charge is 0.393 e. The van der Waals surface area contributed by atoms with Crippen molar-refractivity contribution in [3.05, 3.63) is 29.8 Å². The topological polar surface area (TPSA) is 62.2 Å². The molecule has 0 fully saturated rings. The minimum absolute atomic E-state index is 0.0948. The second-order valence-electron chi connectivity index (χ2n) is 4.21. The van der Waals surface area contributed by atoms with E-state index < -0.39 is 0 Å². The molecular weight excluding hydrogens is 235 g/mol. The smallest absolute Gasteiger partial charge is 0.220 e. The van der Waals surface area contributed by atoms with Gasteiger partial charge in [-0.25, -0.2) is 4.39 Å². The summed E-state index contributed by atoms with van der Waals surface area (Å²) in [6.45, 7) is 2.36. The third kappa shape index (κ3) is 5.72. The van der Waals surface area contributed by atoms with E-state index in [0.29, 0.717) is 37.8 Å². The Hall–Kier alpha value is -1.49. The van der Waals surface area contributed by atoms with Crippen LogP contribution in [0, 0.1) is 5.82 Å². The van der Waals surface area contributed by atoms with Crippen LogP contribution in [0.3, 0.4) is 0 Å². The van der Waals surface area contributed by atoms with Crippen molar-refractivity contribution in [1.29, 1.82) is 0 Å². The summed E-state index contributed by atoms with van der Waals surface area (Å²) in [5.41, 5.74) is 0.707. The Kier molecular flexibility index (Phi) is 6.28. The average Bonchev–Trinajstić information content (AvgIpc) is 2.36. The van der Waals surface area contributed by atoms with Crippen molar-refractivity contribution in [1.82, 2.24) is 10.3 Å². The number of hydrogen-bond acceptors (Lipinski definition) is 3. The number of amides is 1. The third-order valence-corrected chi connectivity index (χ3v) is 2.67. The molecule has 0 aromatic carbocycles. The van der Waals surface area contributed by atoms with E-state index in [1.54, 1.807) is 6.20 Å². The molecule has 0 saturated carbocycles. The summed E-state index contributed by atoms with van der Waals surface area (Å²) in [5, 5.41) is 12.0. The first-order chi connectivity index (χ1) is 8.61. The van der Waals surface area contributed by atoms with Gasteiger partial charge in [0.05, 0.1) is 12.3 Å². The van der Waals surface area contributed by atoms with Crippen LogP contribution in [-0.4, -0.2) is 28.6 Å². The van der Waals surface area contributed by atoms with Gasteiger partial charge in [-0.2, -0.15) is 0 Å². The minimum atomic E-state index is -0.390. The molecule has 1 rings (SSSR count). The van der Waals surface area contributed by atoms with E-state index in [-0.39, 0.29) is 17.8 Å². The molecule has 0 bridgehead atoms. The lowest BCUT2D eigenvalue weighted by atomic mass is 10.1. The van der Waals surface area contributed by atoms with Crippen LogP contribution in [-0.2, 0) is 11.2 Å². The van der Waals surface area contributed by atoms with Crippen molar-refractivity contribution < 1.29 is 14.3 Å². The Morgan fingerprint density at radius 1 is 1.56 bits per heavy atom. The Bertz CT molecular complexity index is 385. The number of carbonyl (C=O) groups is 1. The highest BCUT2D eigenvalue weighted by Crippen LogP contribution is 2.04. The van der Waals surface area contributed by atoms with Gasteiger partial charge in [-0.15, -0.1) is 0 Å². The van der Waals surface area contributed by atoms with Crippen molar-refractivity contribution in [2.45, 2.75) is 38.7 Å². The molecule has 100 valence electrons. The number of nitrogens with zero attached hydrogens (tertiary/aromatic N) is 1. The van der Waals surface area contributed by atoms with E-state index in [0.717, 1.165) is 6.20 Å². The quantitative estimate of drug-likeness (QED) is 0.773. The molecule has 0 aliphatic rings. The van der Waals surface area contributed by atoms with Crippen LogP contribution in [0.4, 0.5) is 4.39 Å². The molecule has 18 heavy (non-hydrogen) atoms. The maximum Gasteiger partial charge on any atom is 0.220 e. The lowest BCUT2D eigenvalue weighted by Crippen LogP contribution is -2.27. The lowest BCUT2D eigenvalue weighted by Gasteiger charge is -2.08. The standard InChI is InChI=1S/C13H19FN2O2/c1-2-12(17)5-6-16-13(18)4-3-10-7-11(14)9-15-8-10/h7-9,12,17H,2-6H2,1H3,(H,16,18). The van der Waals surface area contributed by atoms with Gasteiger partial charge in [-0.1, -0.05) is 6.92 Å². The Balaban J connectivity index is 2.21. The summed E-state index contributed by atoms with van der Waals surface area (Å²) in [6.07, 6.45) is 4.33. The highest BCUT2D eigenvalue weighted by Gasteiger charge is 2.05. The zero-order chi connectivity index (χ0) is 13.4. The molecule has 0 aliphatic heterocycles. The highest BCUT2D eigenvalue weighted by molar-refractivity contribution is 5.76. The minimum Gasteiger partial charge on any atom is -0.393 e. The fourth-order valence-electron chi connectivity index (χ4n) is 1.52. The number of hydrogen-bond donors (Lipinski definition) is 2. The first-order valence-electron chi connectivity index (χ1n) is 6.16. The monoisotopic (exact) mass is 254 g/mol. The first kappa shape index (κ1) is 14.6. The van der Waals surface area contributed by atoms with Gasteiger partial charge in [0, 0.05) is 19.2 Å². The SMILES string of the molecule is CCC(O)CCNC(=O)CCc1cncc(F)c1. The van der Waals surface area contributed by atoms with Crippen LogP contribution in [0.1, 0.15) is 31.7 Å². The van der Waals surface area contributed by atoms with Crippen LogP contribution in [0.25, 0.3) is 0 Å². The summed E-state index contributed by atoms with van der Waals surface area (Å²) >= 11 is 0. The molecule has 0 aliphatic carbocycles. The van der Waals surface area contributed by atoms with E-state index in [1.807, 2.05) is 6.92 Å². The van der Waals surface area contributed by atoms with Gasteiger partial charge >= 0.3 is 0 Å². The van der Waals surface area contributed by atoms with Gasteiger partial charge < -0.3 is 10.4 Å². The van der Waals surface area contributed by atoms with Crippen molar-refractivity contribution in [3.8, 4) is 0 Å². The molecular formula is C13H19FN2O2. The number of pyridine rings is 1. The Morgan fingerprint density at radius 2 is 2.33 bits per heavy atom. The number of nitrogens with one attached hydrogen (secondary N) is 1. The van der Waals surface area contributed by atoms with Crippen LogP contribution in [0.5, 0.6) is 0 Å². The van der Waals surface area contributed by atoms with E-state index in [1.165, 1.54) is 6.07 Å². The van der Waals surface area contributed by atoms with Crippen molar-refractivity contribution in [2.75, 3.05) is 6.54 Å². The number of aromatic nitrogens is 1. The number of halogens is 1. The lowest BCUT2D eigenvalue weighted by molar-refractivity contribution is -0.121. The second-order valence-corrected chi connectivity index (χ2v) is 4.21. The highest BCUT2D eigenvalue weighted by atomic mass is 19.1. The number of aliphatic hydroxyl groups is 1. The van der Waals surface area contributed by atoms with Crippen LogP contribution in [0.15, 0.2) is 18.5 Å². The predicted molar refractivity (Wildman–Crippen MR) is 66.4 cm³/mol. The maximum absolute atomic E-state index is 12.8. The van der Waals surface area contributed by atoms with E-state index >= 15 is 0 Å². The zero-order valence-electron chi connectivity index (χ0n) is 10.5. The Morgan fingerprint density at radius 3 is 3.00 bits per heavy atom. The van der Waals surface area contributed by atoms with Crippen LogP contribution in [0.2, 0.25) is 0 Å². The number of carbonyl (C=O) groups excluding carboxylic acids is 1. The van der Waals surface area contributed by atoms with Crippen molar-refractivity contribution in [3.63, 3.8) is 0 Å². The number of aliphatic hydroxyl groups excluding tert-OH is 1. The molecule has 1 amide bonds. The third-order valence-electron chi connectivity index (χ3n) is 2.67. The molecule has 1 atom stereocenters. The fourth-order valence-corrected chi connectivity index (χ4v) is 1.52. The van der Waals surface area contributed by atoms with Gasteiger partial charge in [0.2, 0.25) is 5.91 Å². The molecule has 1 unspecified atom stereocenters. The van der Waals surface area contributed by atoms with Crippen molar-refractivity contribution >= 4 is 5.91 Å². The number of aryl methyl sites for hydroxylation is 1. The average molecular weight is 254 g/mol. The molecule has 5 heteroatoms. The van der Waals surface area contributed by atoms with Crippen molar-refractivity contribution in [2.24, 2.45) is 0 Å². The second kappa shape index (κ2) is 7.76. The first-order valence-corrected chi connectivity index (χ1v) is 6.16. The summed E-state index contributed by atoms with van der Waals surface area (Å²) in [6, 6.07) is 1.38. The molecule has 4 nitrogen and oxygen atoms in total. The number of rotatable bonds is 7. The van der Waals surface area contributed by atoms with E-state index in [9.17, 15) is 14.3 Å². The summed E-state index contributed by atoms with van der Waals surface area (Å²) < 4.78 is 12.8. The molecule has 0 spiro atoms. The summed E-state index contributed by atoms with van der Waals surface area (Å²) in [4.78, 5) is 15.2. The van der Waals surface area contributed by atoms with E-state index in [2.05, 4.69) is 10.3 Å². The van der Waals surface area contributed by atoms with Crippen LogP contribution < -0.4 is 5.32 Å². The predicted octanol–water partition coefficient (Wildman–Crippen LogP) is 1.43. The van der Waals surface area contributed by atoms with Gasteiger partial charge in [0.15, 0.2) is 0 Å². The van der Waals surface area contributed by atoms with Crippen LogP contribution >= 0.6 is 0 Å². The van der Waals surface area contributed by atoms with E-state index in [4.69, 9.17) is 0 Å². The molecule has 1 heterocycles. The van der Waals surface area contributed by atoms with Gasteiger partial charge in [0.25, 0.3) is 0 Å². The summed E-state index contributed by atoms with van der Waals surface area (Å²) in [7, 11) is 0. The zero-order valence-corrected chi connectivity index (χ0v) is 10.5. The van der Waals surface area contributed by atoms with Gasteiger partial charge in [-0.3, -0.25) is 9.78 Å². The molecule has 2 N–H and O–H groups in total. The molecule has 0 radical (unpaired) electrons. The summed E-state index contributed by atoms with van der Waals surface area (Å²) in [5.74, 6) is -0.485. The molecule has 0 saturated heterocycles. The maximum atomic E-state index is 12.8. The Labute approximate surface area is 106 Å². The van der Waals surface area contributed by atoms with Gasteiger partial charge in [0.1, 0.15) is 5.82 Å². The molecule has 1 aromatic rings. The fraction of sp³-hybridized carbons (Fsp3) is 0.538. The van der Waals surface area contributed by atoms with Gasteiger partial charge in [-0.05, 0) is 30.9 Å². The normalized spacial score (nSPS) is 12.2. The molecule has 1 aromatic heterocycles.